The van der Waals surface area contributed by atoms with Crippen molar-refractivity contribution in [3.8, 4) is 5.88 Å². The maximum absolute atomic E-state index is 8.57. The summed E-state index contributed by atoms with van der Waals surface area (Å²) in [5, 5.41) is 8.57. The van der Waals surface area contributed by atoms with Gasteiger partial charge in [-0.3, -0.25) is 0 Å². The molecule has 5 heteroatoms. The van der Waals surface area contributed by atoms with Crippen molar-refractivity contribution >= 4 is 17.2 Å². The van der Waals surface area contributed by atoms with E-state index in [9.17, 15) is 0 Å². The standard InChI is InChI=1S/C9H12N2O2S/c10-8(14)7-3-1-4-11-9(7)13-6-2-5-12/h1,3-4,12H,2,5-6H2,(H2,10,14). The van der Waals surface area contributed by atoms with E-state index in [0.717, 1.165) is 0 Å². The van der Waals surface area contributed by atoms with E-state index in [1.54, 1.807) is 18.3 Å². The molecular weight excluding hydrogens is 200 g/mol. The summed E-state index contributed by atoms with van der Waals surface area (Å²) < 4.78 is 5.30. The molecule has 3 N–H and O–H groups in total. The van der Waals surface area contributed by atoms with E-state index < -0.39 is 0 Å². The zero-order valence-electron chi connectivity index (χ0n) is 7.64. The fraction of sp³-hybridized carbons (Fsp3) is 0.333. The second-order valence-corrected chi connectivity index (χ2v) is 3.09. The van der Waals surface area contributed by atoms with Crippen LogP contribution in [0, 0.1) is 0 Å². The molecule has 0 aliphatic rings. The molecule has 1 aromatic heterocycles. The smallest absolute Gasteiger partial charge is 0.223 e. The molecule has 0 saturated carbocycles. The molecule has 0 radical (unpaired) electrons. The molecule has 0 fully saturated rings. The first kappa shape index (κ1) is 10.9. The molecule has 0 spiro atoms. The largest absolute Gasteiger partial charge is 0.477 e. The minimum absolute atomic E-state index is 0.0925. The lowest BCUT2D eigenvalue weighted by Gasteiger charge is -2.07. The van der Waals surface area contributed by atoms with Gasteiger partial charge in [0.05, 0.1) is 12.2 Å². The second kappa shape index (κ2) is 5.51. The van der Waals surface area contributed by atoms with Crippen LogP contribution >= 0.6 is 12.2 Å². The van der Waals surface area contributed by atoms with Crippen molar-refractivity contribution in [2.75, 3.05) is 13.2 Å². The summed E-state index contributed by atoms with van der Waals surface area (Å²) in [6, 6.07) is 3.50. The quantitative estimate of drug-likeness (QED) is 0.549. The first-order chi connectivity index (χ1) is 6.75. The highest BCUT2D eigenvalue weighted by Gasteiger charge is 2.06. The Morgan fingerprint density at radius 2 is 2.43 bits per heavy atom. The van der Waals surface area contributed by atoms with Gasteiger partial charge in [0.25, 0.3) is 0 Å². The molecule has 0 aliphatic carbocycles. The summed E-state index contributed by atoms with van der Waals surface area (Å²) >= 11 is 4.84. The minimum Gasteiger partial charge on any atom is -0.477 e. The monoisotopic (exact) mass is 212 g/mol. The van der Waals surface area contributed by atoms with Gasteiger partial charge in [-0.2, -0.15) is 0 Å². The maximum atomic E-state index is 8.57. The molecule has 1 heterocycles. The second-order valence-electron chi connectivity index (χ2n) is 2.65. The maximum Gasteiger partial charge on any atom is 0.223 e. The summed E-state index contributed by atoms with van der Waals surface area (Å²) in [5.74, 6) is 0.424. The van der Waals surface area contributed by atoms with Crippen LogP contribution in [0.25, 0.3) is 0 Å². The Balaban J connectivity index is 2.69. The van der Waals surface area contributed by atoms with Crippen LogP contribution in [0.5, 0.6) is 5.88 Å². The van der Waals surface area contributed by atoms with E-state index in [1.807, 2.05) is 0 Å². The lowest BCUT2D eigenvalue weighted by Crippen LogP contribution is -2.13. The predicted molar refractivity (Wildman–Crippen MR) is 57.3 cm³/mol. The predicted octanol–water partition coefficient (Wildman–Crippen LogP) is 0.477. The number of nitrogens with two attached hydrogens (primary N) is 1. The number of nitrogens with zero attached hydrogens (tertiary/aromatic N) is 1. The summed E-state index contributed by atoms with van der Waals surface area (Å²) in [7, 11) is 0. The summed E-state index contributed by atoms with van der Waals surface area (Å²) in [6.07, 6.45) is 2.17. The molecule has 4 nitrogen and oxygen atoms in total. The van der Waals surface area contributed by atoms with E-state index in [4.69, 9.17) is 27.8 Å². The van der Waals surface area contributed by atoms with E-state index in [1.165, 1.54) is 0 Å². The third kappa shape index (κ3) is 2.93. The number of aromatic nitrogens is 1. The van der Waals surface area contributed by atoms with Crippen LogP contribution in [0.2, 0.25) is 0 Å². The number of aliphatic hydroxyl groups is 1. The number of aliphatic hydroxyl groups excluding tert-OH is 1. The van der Waals surface area contributed by atoms with E-state index >= 15 is 0 Å². The molecule has 1 rings (SSSR count). The van der Waals surface area contributed by atoms with Crippen molar-refractivity contribution < 1.29 is 9.84 Å². The Labute approximate surface area is 87.7 Å². The molecular formula is C9H12N2O2S. The zero-order valence-corrected chi connectivity index (χ0v) is 8.46. The van der Waals surface area contributed by atoms with Crippen molar-refractivity contribution in [2.24, 2.45) is 5.73 Å². The van der Waals surface area contributed by atoms with Crippen LogP contribution in [0.3, 0.4) is 0 Å². The van der Waals surface area contributed by atoms with Gasteiger partial charge < -0.3 is 15.6 Å². The molecule has 0 unspecified atom stereocenters. The van der Waals surface area contributed by atoms with Gasteiger partial charge in [-0.15, -0.1) is 0 Å². The molecule has 1 aromatic rings. The van der Waals surface area contributed by atoms with Gasteiger partial charge >= 0.3 is 0 Å². The van der Waals surface area contributed by atoms with Gasteiger partial charge in [0.2, 0.25) is 5.88 Å². The van der Waals surface area contributed by atoms with Crippen LogP contribution in [0.1, 0.15) is 12.0 Å². The van der Waals surface area contributed by atoms with Crippen molar-refractivity contribution in [3.05, 3.63) is 23.9 Å². The van der Waals surface area contributed by atoms with E-state index in [2.05, 4.69) is 4.98 Å². The third-order valence-electron chi connectivity index (χ3n) is 1.58. The average molecular weight is 212 g/mol. The van der Waals surface area contributed by atoms with Crippen molar-refractivity contribution in [1.82, 2.24) is 4.98 Å². The van der Waals surface area contributed by atoms with Crippen molar-refractivity contribution in [3.63, 3.8) is 0 Å². The SMILES string of the molecule is NC(=S)c1cccnc1OCCCO. The number of ether oxygens (including phenoxy) is 1. The molecule has 0 amide bonds. The Kier molecular flexibility index (Phi) is 4.28. The van der Waals surface area contributed by atoms with Gasteiger partial charge in [0.15, 0.2) is 0 Å². The topological polar surface area (TPSA) is 68.4 Å². The number of rotatable bonds is 5. The fourth-order valence-electron chi connectivity index (χ4n) is 0.927. The van der Waals surface area contributed by atoms with Crippen LogP contribution in [0.4, 0.5) is 0 Å². The normalized spacial score (nSPS) is 9.79. The molecule has 0 atom stereocenters. The van der Waals surface area contributed by atoms with Crippen molar-refractivity contribution in [1.29, 1.82) is 0 Å². The number of hydrogen-bond donors (Lipinski definition) is 2. The first-order valence-corrected chi connectivity index (χ1v) is 4.65. The fourth-order valence-corrected chi connectivity index (χ4v) is 1.08. The first-order valence-electron chi connectivity index (χ1n) is 4.24. The molecule has 0 aliphatic heterocycles. The van der Waals surface area contributed by atoms with Crippen LogP contribution < -0.4 is 10.5 Å². The highest BCUT2D eigenvalue weighted by atomic mass is 32.1. The number of hydrogen-bond acceptors (Lipinski definition) is 4. The zero-order chi connectivity index (χ0) is 10.4. The van der Waals surface area contributed by atoms with E-state index in [0.29, 0.717) is 24.5 Å². The van der Waals surface area contributed by atoms with Crippen LogP contribution in [-0.2, 0) is 0 Å². The number of thiocarbonyl (C=S) groups is 1. The van der Waals surface area contributed by atoms with Gasteiger partial charge in [0.1, 0.15) is 4.99 Å². The Morgan fingerprint density at radius 1 is 1.64 bits per heavy atom. The summed E-state index contributed by atoms with van der Waals surface area (Å²) in [6.45, 7) is 0.498. The van der Waals surface area contributed by atoms with Gasteiger partial charge in [-0.1, -0.05) is 12.2 Å². The molecule has 0 bridgehead atoms. The molecule has 14 heavy (non-hydrogen) atoms. The molecule has 76 valence electrons. The number of pyridine rings is 1. The van der Waals surface area contributed by atoms with Crippen LogP contribution in [0.15, 0.2) is 18.3 Å². The highest BCUT2D eigenvalue weighted by molar-refractivity contribution is 7.80. The van der Waals surface area contributed by atoms with Gasteiger partial charge in [-0.25, -0.2) is 4.98 Å². The lowest BCUT2D eigenvalue weighted by atomic mass is 10.3. The molecule has 0 aromatic carbocycles. The van der Waals surface area contributed by atoms with Crippen LogP contribution in [-0.4, -0.2) is 28.3 Å². The van der Waals surface area contributed by atoms with E-state index in [-0.39, 0.29) is 11.6 Å². The lowest BCUT2D eigenvalue weighted by molar-refractivity contribution is 0.229. The van der Waals surface area contributed by atoms with Gasteiger partial charge in [0, 0.05) is 19.2 Å². The van der Waals surface area contributed by atoms with Gasteiger partial charge in [-0.05, 0) is 12.1 Å². The average Bonchev–Trinajstić information content (AvgIpc) is 2.19. The Bertz CT molecular complexity index is 317. The van der Waals surface area contributed by atoms with Crippen molar-refractivity contribution in [2.45, 2.75) is 6.42 Å². The summed E-state index contributed by atoms with van der Waals surface area (Å²) in [5.41, 5.74) is 6.11. The Morgan fingerprint density at radius 3 is 3.07 bits per heavy atom. The minimum atomic E-state index is 0.0925. The Hall–Kier alpha value is -1.20. The summed E-state index contributed by atoms with van der Waals surface area (Å²) in [4.78, 5) is 4.26. The third-order valence-corrected chi connectivity index (χ3v) is 1.80. The molecule has 0 saturated heterocycles. The highest BCUT2D eigenvalue weighted by Crippen LogP contribution is 2.13.